The second kappa shape index (κ2) is 5.78. The molecule has 0 unspecified atom stereocenters. The zero-order valence-corrected chi connectivity index (χ0v) is 12.2. The molecule has 102 valence electrons. The SMILES string of the molecule is CC1CC(=O)N(CCCC(C)(C)C(N)=S)C(=O)C1. The number of rotatable bonds is 5. The van der Waals surface area contributed by atoms with Gasteiger partial charge in [-0.2, -0.15) is 0 Å². The number of nitrogens with zero attached hydrogens (tertiary/aromatic N) is 1. The molecule has 1 saturated heterocycles. The van der Waals surface area contributed by atoms with Crippen LogP contribution >= 0.6 is 12.2 Å². The molecule has 5 heteroatoms. The molecule has 0 spiro atoms. The normalized spacial score (nSPS) is 18.3. The first-order valence-electron chi connectivity index (χ1n) is 6.37. The van der Waals surface area contributed by atoms with Crippen molar-refractivity contribution in [2.75, 3.05) is 6.54 Å². The van der Waals surface area contributed by atoms with Crippen LogP contribution in [0.25, 0.3) is 0 Å². The minimum atomic E-state index is -0.218. The second-order valence-electron chi connectivity index (χ2n) is 5.80. The summed E-state index contributed by atoms with van der Waals surface area (Å²) >= 11 is 4.99. The molecule has 1 aliphatic rings. The van der Waals surface area contributed by atoms with Crippen LogP contribution in [0.4, 0.5) is 0 Å². The van der Waals surface area contributed by atoms with E-state index in [-0.39, 0.29) is 23.1 Å². The Kier molecular flexibility index (Phi) is 4.85. The topological polar surface area (TPSA) is 63.4 Å². The summed E-state index contributed by atoms with van der Waals surface area (Å²) in [6.45, 7) is 6.38. The molecule has 0 saturated carbocycles. The summed E-state index contributed by atoms with van der Waals surface area (Å²) in [5, 5.41) is 0. The molecule has 4 nitrogen and oxygen atoms in total. The van der Waals surface area contributed by atoms with Crippen LogP contribution in [0.1, 0.15) is 46.5 Å². The Morgan fingerprint density at radius 3 is 2.33 bits per heavy atom. The van der Waals surface area contributed by atoms with Gasteiger partial charge >= 0.3 is 0 Å². The maximum atomic E-state index is 11.8. The molecular weight excluding hydrogens is 248 g/mol. The number of imide groups is 1. The minimum Gasteiger partial charge on any atom is -0.393 e. The Balaban J connectivity index is 2.46. The van der Waals surface area contributed by atoms with Gasteiger partial charge in [0.2, 0.25) is 11.8 Å². The van der Waals surface area contributed by atoms with Gasteiger partial charge in [-0.15, -0.1) is 0 Å². The summed E-state index contributed by atoms with van der Waals surface area (Å²) < 4.78 is 0. The molecule has 2 N–H and O–H groups in total. The lowest BCUT2D eigenvalue weighted by atomic mass is 9.87. The van der Waals surface area contributed by atoms with Gasteiger partial charge in [0.05, 0.1) is 4.99 Å². The molecule has 2 amide bonds. The number of thiocarbonyl (C=S) groups is 1. The fourth-order valence-electron chi connectivity index (χ4n) is 2.08. The molecule has 0 aromatic carbocycles. The molecule has 1 aliphatic heterocycles. The Labute approximate surface area is 114 Å². The number of carbonyl (C=O) groups is 2. The average Bonchev–Trinajstić information content (AvgIpc) is 2.21. The summed E-state index contributed by atoms with van der Waals surface area (Å²) in [6.07, 6.45) is 2.49. The average molecular weight is 270 g/mol. The highest BCUT2D eigenvalue weighted by atomic mass is 32.1. The van der Waals surface area contributed by atoms with Gasteiger partial charge < -0.3 is 5.73 Å². The van der Waals surface area contributed by atoms with Crippen molar-refractivity contribution < 1.29 is 9.59 Å². The lowest BCUT2D eigenvalue weighted by Gasteiger charge is -2.30. The summed E-state index contributed by atoms with van der Waals surface area (Å²) in [7, 11) is 0. The predicted molar refractivity (Wildman–Crippen MR) is 74.9 cm³/mol. The van der Waals surface area contributed by atoms with Crippen molar-refractivity contribution in [3.63, 3.8) is 0 Å². The number of hydrogen-bond donors (Lipinski definition) is 1. The number of likely N-dealkylation sites (tertiary alicyclic amines) is 1. The maximum Gasteiger partial charge on any atom is 0.229 e. The van der Waals surface area contributed by atoms with Gasteiger partial charge in [-0.3, -0.25) is 14.5 Å². The van der Waals surface area contributed by atoms with Gasteiger partial charge in [0, 0.05) is 24.8 Å². The van der Waals surface area contributed by atoms with E-state index in [2.05, 4.69) is 0 Å². The number of hydrogen-bond acceptors (Lipinski definition) is 3. The van der Waals surface area contributed by atoms with Crippen LogP contribution in [0, 0.1) is 11.3 Å². The van der Waals surface area contributed by atoms with Gasteiger partial charge in [0.25, 0.3) is 0 Å². The standard InChI is InChI=1S/C13H22N2O2S/c1-9-7-10(16)15(11(17)8-9)6-4-5-13(2,3)12(14)18/h9H,4-8H2,1-3H3,(H2,14,18). The highest BCUT2D eigenvalue weighted by Crippen LogP contribution is 2.24. The van der Waals surface area contributed by atoms with E-state index in [0.717, 1.165) is 12.8 Å². The number of amides is 2. The lowest BCUT2D eigenvalue weighted by molar-refractivity contribution is -0.149. The highest BCUT2D eigenvalue weighted by Gasteiger charge is 2.30. The van der Waals surface area contributed by atoms with Crippen LogP contribution in [0.3, 0.4) is 0 Å². The quantitative estimate of drug-likeness (QED) is 0.612. The monoisotopic (exact) mass is 270 g/mol. The van der Waals surface area contributed by atoms with Crippen molar-refractivity contribution in [3.05, 3.63) is 0 Å². The van der Waals surface area contributed by atoms with Crippen LogP contribution in [0.2, 0.25) is 0 Å². The van der Waals surface area contributed by atoms with Crippen molar-refractivity contribution in [2.45, 2.75) is 46.5 Å². The predicted octanol–water partition coefficient (Wildman–Crippen LogP) is 1.86. The van der Waals surface area contributed by atoms with E-state index in [1.165, 1.54) is 4.90 Å². The molecule has 1 rings (SSSR count). The van der Waals surface area contributed by atoms with E-state index in [1.807, 2.05) is 20.8 Å². The highest BCUT2D eigenvalue weighted by molar-refractivity contribution is 7.80. The largest absolute Gasteiger partial charge is 0.393 e. The Morgan fingerprint density at radius 1 is 1.39 bits per heavy atom. The van der Waals surface area contributed by atoms with E-state index in [0.29, 0.717) is 24.4 Å². The van der Waals surface area contributed by atoms with Crippen LogP contribution in [0.15, 0.2) is 0 Å². The summed E-state index contributed by atoms with van der Waals surface area (Å²) in [6, 6.07) is 0. The summed E-state index contributed by atoms with van der Waals surface area (Å²) in [5.74, 6) is 0.0769. The van der Waals surface area contributed by atoms with E-state index < -0.39 is 0 Å². The van der Waals surface area contributed by atoms with Gasteiger partial charge in [-0.1, -0.05) is 33.0 Å². The van der Waals surface area contributed by atoms with E-state index in [9.17, 15) is 9.59 Å². The fourth-order valence-corrected chi connectivity index (χ4v) is 2.18. The Hall–Kier alpha value is -0.970. The minimum absolute atomic E-state index is 0.0492. The number of nitrogens with two attached hydrogens (primary N) is 1. The molecule has 1 heterocycles. The van der Waals surface area contributed by atoms with Crippen LogP contribution < -0.4 is 5.73 Å². The van der Waals surface area contributed by atoms with Gasteiger partial charge in [-0.25, -0.2) is 0 Å². The number of carbonyl (C=O) groups excluding carboxylic acids is 2. The van der Waals surface area contributed by atoms with Crippen molar-refractivity contribution in [2.24, 2.45) is 17.1 Å². The molecule has 0 atom stereocenters. The molecule has 1 fully saturated rings. The zero-order chi connectivity index (χ0) is 13.9. The van der Waals surface area contributed by atoms with Crippen LogP contribution in [0.5, 0.6) is 0 Å². The van der Waals surface area contributed by atoms with E-state index in [1.54, 1.807) is 0 Å². The third kappa shape index (κ3) is 3.77. The van der Waals surface area contributed by atoms with Crippen LogP contribution in [-0.4, -0.2) is 28.2 Å². The first-order valence-corrected chi connectivity index (χ1v) is 6.78. The van der Waals surface area contributed by atoms with Crippen molar-refractivity contribution >= 4 is 29.0 Å². The first-order chi connectivity index (χ1) is 8.24. The van der Waals surface area contributed by atoms with Gasteiger partial charge in [-0.05, 0) is 18.8 Å². The van der Waals surface area contributed by atoms with Gasteiger partial charge in [0.15, 0.2) is 0 Å². The summed E-state index contributed by atoms with van der Waals surface area (Å²) in [4.78, 5) is 25.4. The van der Waals surface area contributed by atoms with Crippen molar-refractivity contribution in [1.82, 2.24) is 4.90 Å². The molecule has 0 aromatic heterocycles. The van der Waals surface area contributed by atoms with Crippen molar-refractivity contribution in [3.8, 4) is 0 Å². The molecule has 0 aromatic rings. The fraction of sp³-hybridized carbons (Fsp3) is 0.769. The molecular formula is C13H22N2O2S. The number of piperidine rings is 1. The molecule has 0 aliphatic carbocycles. The Morgan fingerprint density at radius 2 is 1.89 bits per heavy atom. The lowest BCUT2D eigenvalue weighted by Crippen LogP contribution is -2.43. The molecule has 0 radical (unpaired) electrons. The smallest absolute Gasteiger partial charge is 0.229 e. The van der Waals surface area contributed by atoms with Crippen LogP contribution in [-0.2, 0) is 9.59 Å². The zero-order valence-electron chi connectivity index (χ0n) is 11.4. The second-order valence-corrected chi connectivity index (χ2v) is 6.24. The van der Waals surface area contributed by atoms with E-state index >= 15 is 0 Å². The third-order valence-corrected chi connectivity index (χ3v) is 4.05. The Bertz CT molecular complexity index is 348. The third-order valence-electron chi connectivity index (χ3n) is 3.50. The molecule has 18 heavy (non-hydrogen) atoms. The van der Waals surface area contributed by atoms with Gasteiger partial charge in [0.1, 0.15) is 0 Å². The summed E-state index contributed by atoms with van der Waals surface area (Å²) in [5.41, 5.74) is 5.43. The molecule has 0 bridgehead atoms. The first kappa shape index (κ1) is 15.1. The van der Waals surface area contributed by atoms with Crippen molar-refractivity contribution in [1.29, 1.82) is 0 Å². The maximum absolute atomic E-state index is 11.8. The van der Waals surface area contributed by atoms with E-state index in [4.69, 9.17) is 18.0 Å².